The summed E-state index contributed by atoms with van der Waals surface area (Å²) in [6.45, 7) is 5.52. The molecule has 10 heteroatoms. The number of primary amides is 1. The van der Waals surface area contributed by atoms with E-state index in [1.165, 1.54) is 22.2 Å². The van der Waals surface area contributed by atoms with Gasteiger partial charge in [-0.15, -0.1) is 11.3 Å². The Kier molecular flexibility index (Phi) is 6.22. The monoisotopic (exact) mass is 454 g/mol. The minimum atomic E-state index is -0.281. The van der Waals surface area contributed by atoms with E-state index < -0.39 is 0 Å². The molecular formula is C22H26N6O3S. The topological polar surface area (TPSA) is 123 Å². The lowest BCUT2D eigenvalue weighted by Gasteiger charge is -2.32. The van der Waals surface area contributed by atoms with Crippen LogP contribution in [0.1, 0.15) is 29.7 Å². The first-order chi connectivity index (χ1) is 15.3. The highest BCUT2D eigenvalue weighted by Gasteiger charge is 2.24. The van der Waals surface area contributed by atoms with Crippen molar-refractivity contribution in [3.8, 4) is 0 Å². The number of carbonyl (C=O) groups is 2. The lowest BCUT2D eigenvalue weighted by molar-refractivity contribution is -0.122. The lowest BCUT2D eigenvalue weighted by Crippen LogP contribution is -2.41. The predicted octanol–water partition coefficient (Wildman–Crippen LogP) is 2.20. The number of carbonyl (C=O) groups excluding carboxylic acids is 2. The second-order valence-electron chi connectivity index (χ2n) is 8.10. The number of pyridine rings is 1. The quantitative estimate of drug-likeness (QED) is 0.589. The van der Waals surface area contributed by atoms with Crippen molar-refractivity contribution in [3.63, 3.8) is 0 Å². The van der Waals surface area contributed by atoms with Gasteiger partial charge >= 0.3 is 0 Å². The normalized spacial score (nSPS) is 16.3. The molecule has 1 atom stereocenters. The fraction of sp³-hybridized carbons (Fsp3) is 0.409. The number of fused-ring (bicyclic) bond motifs is 1. The standard InChI is InChI=1S/C22H26N6O3S/c1-13-14(2)32-21-19(13)22(31)28(12-25-21)9-7-18(29)26-16-5-6-17(24-10-16)27-8-3-4-15(11-27)20(23)30/h5-6,10,12,15H,3-4,7-9,11H2,1-2H3,(H2,23,30)(H,26,29). The van der Waals surface area contributed by atoms with Crippen LogP contribution in [0, 0.1) is 19.8 Å². The van der Waals surface area contributed by atoms with E-state index in [-0.39, 0.29) is 36.3 Å². The molecule has 1 unspecified atom stereocenters. The molecule has 1 aliphatic heterocycles. The molecule has 9 nitrogen and oxygen atoms in total. The largest absolute Gasteiger partial charge is 0.369 e. The van der Waals surface area contributed by atoms with Gasteiger partial charge < -0.3 is 16.0 Å². The van der Waals surface area contributed by atoms with Crippen LogP contribution in [0.4, 0.5) is 11.5 Å². The second-order valence-corrected chi connectivity index (χ2v) is 9.30. The Morgan fingerprint density at radius 2 is 2.09 bits per heavy atom. The first-order valence-electron chi connectivity index (χ1n) is 10.6. The van der Waals surface area contributed by atoms with E-state index in [2.05, 4.69) is 15.3 Å². The van der Waals surface area contributed by atoms with Crippen molar-refractivity contribution in [2.75, 3.05) is 23.3 Å². The van der Waals surface area contributed by atoms with E-state index in [0.717, 1.165) is 40.5 Å². The molecule has 1 fully saturated rings. The first-order valence-corrected chi connectivity index (χ1v) is 11.4. The number of nitrogens with two attached hydrogens (primary N) is 1. The van der Waals surface area contributed by atoms with Crippen molar-refractivity contribution in [2.24, 2.45) is 11.7 Å². The van der Waals surface area contributed by atoms with Gasteiger partial charge in [-0.2, -0.15) is 0 Å². The minimum Gasteiger partial charge on any atom is -0.369 e. The summed E-state index contributed by atoms with van der Waals surface area (Å²) in [5, 5.41) is 3.44. The molecule has 0 spiro atoms. The van der Waals surface area contributed by atoms with Gasteiger partial charge in [0.1, 0.15) is 10.6 Å². The SMILES string of the molecule is Cc1sc2ncn(CCC(=O)Nc3ccc(N4CCCC(C(N)=O)C4)nc3)c(=O)c2c1C. The Hall–Kier alpha value is -3.27. The highest BCUT2D eigenvalue weighted by molar-refractivity contribution is 7.18. The van der Waals surface area contributed by atoms with Crippen molar-refractivity contribution in [2.45, 2.75) is 39.7 Å². The lowest BCUT2D eigenvalue weighted by atomic mass is 9.97. The van der Waals surface area contributed by atoms with Crippen LogP contribution in [0.5, 0.6) is 0 Å². The predicted molar refractivity (Wildman–Crippen MR) is 125 cm³/mol. The fourth-order valence-electron chi connectivity index (χ4n) is 3.94. The molecule has 32 heavy (non-hydrogen) atoms. The number of nitrogens with one attached hydrogen (secondary N) is 1. The Morgan fingerprint density at radius 1 is 1.28 bits per heavy atom. The number of hydrogen-bond donors (Lipinski definition) is 2. The summed E-state index contributed by atoms with van der Waals surface area (Å²) in [5.74, 6) is 0.0954. The summed E-state index contributed by atoms with van der Waals surface area (Å²) >= 11 is 1.50. The molecule has 168 valence electrons. The molecule has 0 aliphatic carbocycles. The van der Waals surface area contributed by atoms with E-state index in [4.69, 9.17) is 5.73 Å². The smallest absolute Gasteiger partial charge is 0.262 e. The summed E-state index contributed by atoms with van der Waals surface area (Å²) in [6.07, 6.45) is 4.93. The third-order valence-corrected chi connectivity index (χ3v) is 7.03. The number of hydrogen-bond acceptors (Lipinski definition) is 7. The van der Waals surface area contributed by atoms with Gasteiger partial charge in [-0.05, 0) is 44.4 Å². The summed E-state index contributed by atoms with van der Waals surface area (Å²) < 4.78 is 1.48. The molecule has 0 radical (unpaired) electrons. The number of amides is 2. The van der Waals surface area contributed by atoms with Gasteiger partial charge in [0, 0.05) is 30.9 Å². The Labute approximate surface area is 189 Å². The zero-order valence-electron chi connectivity index (χ0n) is 18.1. The zero-order valence-corrected chi connectivity index (χ0v) is 18.9. The van der Waals surface area contributed by atoms with Crippen LogP contribution in [-0.2, 0) is 16.1 Å². The molecule has 0 bridgehead atoms. The zero-order chi connectivity index (χ0) is 22.8. The Bertz CT molecular complexity index is 1220. The van der Waals surface area contributed by atoms with E-state index in [9.17, 15) is 14.4 Å². The average molecular weight is 455 g/mol. The number of aryl methyl sites for hydroxylation is 3. The van der Waals surface area contributed by atoms with Crippen molar-refractivity contribution in [1.29, 1.82) is 0 Å². The number of rotatable bonds is 6. The summed E-state index contributed by atoms with van der Waals surface area (Å²) in [6, 6.07) is 3.61. The molecule has 4 rings (SSSR count). The van der Waals surface area contributed by atoms with Gasteiger partial charge in [0.2, 0.25) is 11.8 Å². The van der Waals surface area contributed by atoms with Gasteiger partial charge in [-0.3, -0.25) is 19.0 Å². The molecule has 0 aromatic carbocycles. The van der Waals surface area contributed by atoms with Crippen LogP contribution in [0.2, 0.25) is 0 Å². The molecule has 0 saturated carbocycles. The maximum atomic E-state index is 12.7. The molecule has 3 N–H and O–H groups in total. The Balaban J connectivity index is 1.36. The highest BCUT2D eigenvalue weighted by atomic mass is 32.1. The van der Waals surface area contributed by atoms with E-state index in [0.29, 0.717) is 17.6 Å². The van der Waals surface area contributed by atoms with Crippen LogP contribution in [0.3, 0.4) is 0 Å². The maximum absolute atomic E-state index is 12.7. The first kappa shape index (κ1) is 21.9. The molecule has 4 heterocycles. The van der Waals surface area contributed by atoms with E-state index in [1.54, 1.807) is 12.3 Å². The second kappa shape index (κ2) is 9.07. The summed E-state index contributed by atoms with van der Waals surface area (Å²) in [7, 11) is 0. The Morgan fingerprint density at radius 3 is 2.81 bits per heavy atom. The number of aromatic nitrogens is 3. The molecule has 2 amide bonds. The molecule has 3 aromatic heterocycles. The van der Waals surface area contributed by atoms with Gasteiger partial charge in [-0.1, -0.05) is 0 Å². The van der Waals surface area contributed by atoms with E-state index in [1.807, 2.05) is 24.8 Å². The van der Waals surface area contributed by atoms with Gasteiger partial charge in [0.25, 0.3) is 5.56 Å². The summed E-state index contributed by atoms with van der Waals surface area (Å²) in [5.41, 5.74) is 6.85. The number of anilines is 2. The molecular weight excluding hydrogens is 428 g/mol. The molecule has 3 aromatic rings. The van der Waals surface area contributed by atoms with Crippen molar-refractivity contribution >= 4 is 44.9 Å². The third-order valence-electron chi connectivity index (χ3n) is 5.91. The average Bonchev–Trinajstić information content (AvgIpc) is 3.08. The molecule has 1 saturated heterocycles. The van der Waals surface area contributed by atoms with Crippen LogP contribution in [-0.4, -0.2) is 39.4 Å². The number of thiophene rings is 1. The highest BCUT2D eigenvalue weighted by Crippen LogP contribution is 2.25. The van der Waals surface area contributed by atoms with Crippen LogP contribution < -0.4 is 21.5 Å². The molecule has 1 aliphatic rings. The number of piperidine rings is 1. The van der Waals surface area contributed by atoms with Gasteiger partial charge in [0.15, 0.2) is 0 Å². The van der Waals surface area contributed by atoms with Crippen molar-refractivity contribution in [3.05, 3.63) is 45.5 Å². The van der Waals surface area contributed by atoms with Gasteiger partial charge in [0.05, 0.1) is 29.5 Å². The van der Waals surface area contributed by atoms with Gasteiger partial charge in [-0.25, -0.2) is 9.97 Å². The third kappa shape index (κ3) is 4.50. The van der Waals surface area contributed by atoms with E-state index >= 15 is 0 Å². The summed E-state index contributed by atoms with van der Waals surface area (Å²) in [4.78, 5) is 49.2. The van der Waals surface area contributed by atoms with Crippen LogP contribution in [0.15, 0.2) is 29.5 Å². The number of nitrogens with zero attached hydrogens (tertiary/aromatic N) is 4. The minimum absolute atomic E-state index is 0.119. The van der Waals surface area contributed by atoms with Crippen LogP contribution in [0.25, 0.3) is 10.2 Å². The van der Waals surface area contributed by atoms with Crippen molar-refractivity contribution in [1.82, 2.24) is 14.5 Å². The maximum Gasteiger partial charge on any atom is 0.262 e. The fourth-order valence-corrected chi connectivity index (χ4v) is 4.93. The van der Waals surface area contributed by atoms with Crippen molar-refractivity contribution < 1.29 is 9.59 Å². The van der Waals surface area contributed by atoms with Crippen LogP contribution >= 0.6 is 11.3 Å².